The molecule has 3 aromatic heterocycles. The number of anilines is 3. The first kappa shape index (κ1) is 27.5. The van der Waals surface area contributed by atoms with Gasteiger partial charge < -0.3 is 24.5 Å². The lowest BCUT2D eigenvalue weighted by Crippen LogP contribution is -2.56. The summed E-state index contributed by atoms with van der Waals surface area (Å²) in [5.41, 5.74) is 2.90. The lowest BCUT2D eigenvalue weighted by atomic mass is 10.1. The van der Waals surface area contributed by atoms with Crippen LogP contribution in [0.2, 0.25) is 0 Å². The molecule has 0 atom stereocenters. The van der Waals surface area contributed by atoms with Crippen LogP contribution in [0.3, 0.4) is 0 Å². The van der Waals surface area contributed by atoms with Crippen molar-refractivity contribution in [2.75, 3.05) is 76.3 Å². The molecule has 4 aromatic rings. The van der Waals surface area contributed by atoms with Crippen LogP contribution in [0.25, 0.3) is 22.3 Å². The van der Waals surface area contributed by atoms with Gasteiger partial charge in [-0.25, -0.2) is 23.8 Å². The highest BCUT2D eigenvalue weighted by molar-refractivity contribution is 7.16. The van der Waals surface area contributed by atoms with Gasteiger partial charge in [0.2, 0.25) is 0 Å². The van der Waals surface area contributed by atoms with E-state index in [4.69, 9.17) is 15.1 Å². The number of halogens is 1. The van der Waals surface area contributed by atoms with E-state index < -0.39 is 0 Å². The topological polar surface area (TPSA) is 101 Å². The number of thiazole rings is 1. The van der Waals surface area contributed by atoms with Gasteiger partial charge in [0.05, 0.1) is 23.3 Å². The molecule has 7 rings (SSSR count). The van der Waals surface area contributed by atoms with Crippen LogP contribution in [-0.2, 0) is 0 Å². The van der Waals surface area contributed by atoms with Crippen LogP contribution < -0.4 is 9.80 Å². The third kappa shape index (κ3) is 5.25. The maximum absolute atomic E-state index is 13.6. The Hall–Kier alpha value is -4.28. The normalized spacial score (nSPS) is 17.9. The number of amides is 2. The number of nitrogens with zero attached hydrogens (tertiary/aromatic N) is 10. The molecule has 0 N–H and O–H groups in total. The molecule has 2 saturated heterocycles. The summed E-state index contributed by atoms with van der Waals surface area (Å²) >= 11 is 1.31. The van der Waals surface area contributed by atoms with Gasteiger partial charge in [0.15, 0.2) is 10.8 Å². The molecule has 3 aliphatic rings. The van der Waals surface area contributed by atoms with Gasteiger partial charge in [-0.1, -0.05) is 11.3 Å². The van der Waals surface area contributed by atoms with Crippen LogP contribution in [-0.4, -0.2) is 107 Å². The number of benzene rings is 1. The fourth-order valence-corrected chi connectivity index (χ4v) is 6.67. The highest BCUT2D eigenvalue weighted by Gasteiger charge is 2.32. The zero-order chi connectivity index (χ0) is 29.7. The number of fused-ring (bicyclic) bond motifs is 1. The predicted octanol–water partition coefficient (Wildman–Crippen LogP) is 4.16. The van der Waals surface area contributed by atoms with Crippen molar-refractivity contribution in [1.29, 1.82) is 5.26 Å². The van der Waals surface area contributed by atoms with Gasteiger partial charge in [-0.3, -0.25) is 0 Å². The summed E-state index contributed by atoms with van der Waals surface area (Å²) < 4.78 is 15.6. The maximum atomic E-state index is 13.6. The largest absolute Gasteiger partial charge is 0.367 e. The lowest BCUT2D eigenvalue weighted by Gasteiger charge is -2.40. The fourth-order valence-electron chi connectivity index (χ4n) is 5.82. The number of pyridine rings is 1. The van der Waals surface area contributed by atoms with Crippen molar-refractivity contribution in [1.82, 2.24) is 34.4 Å². The predicted molar refractivity (Wildman–Crippen MR) is 164 cm³/mol. The summed E-state index contributed by atoms with van der Waals surface area (Å²) in [7, 11) is 4.04. The van der Waals surface area contributed by atoms with Crippen molar-refractivity contribution in [2.24, 2.45) is 0 Å². The number of piperazine rings is 2. The summed E-state index contributed by atoms with van der Waals surface area (Å²) in [6.07, 6.45) is 3.97. The van der Waals surface area contributed by atoms with Crippen LogP contribution >= 0.6 is 11.3 Å². The zero-order valence-electron chi connectivity index (χ0n) is 24.3. The number of rotatable bonds is 5. The number of aromatic nitrogens is 4. The highest BCUT2D eigenvalue weighted by atomic mass is 32.1. The summed E-state index contributed by atoms with van der Waals surface area (Å²) in [5.74, 6) is 0.556. The number of hydrogen-bond donors (Lipinski definition) is 0. The van der Waals surface area contributed by atoms with Gasteiger partial charge in [-0.2, -0.15) is 10.4 Å². The van der Waals surface area contributed by atoms with Crippen LogP contribution in [0.5, 0.6) is 0 Å². The summed E-state index contributed by atoms with van der Waals surface area (Å²) in [6.45, 7) is 6.17. The van der Waals surface area contributed by atoms with E-state index in [1.54, 1.807) is 12.1 Å². The molecule has 1 saturated carbocycles. The fraction of sp³-hybridized carbons (Fsp3) is 0.433. The summed E-state index contributed by atoms with van der Waals surface area (Å²) in [5, 5.41) is 16.3. The Morgan fingerprint density at radius 3 is 2.37 bits per heavy atom. The first-order valence-electron chi connectivity index (χ1n) is 14.7. The Labute approximate surface area is 253 Å². The van der Waals surface area contributed by atoms with Crippen LogP contribution in [0, 0.1) is 17.1 Å². The van der Waals surface area contributed by atoms with E-state index in [0.29, 0.717) is 46.0 Å². The average molecular weight is 601 g/mol. The average Bonchev–Trinajstić information content (AvgIpc) is 3.68. The number of carbonyl (C=O) groups excluding carboxylic acids is 1. The Bertz CT molecular complexity index is 1690. The standard InChI is InChI=1S/C30H33FN10OS/c1-36-9-11-39(12-10-36)30(42)40-15-13-38(14-16-40)23-17-24-27(33-19-23)35-41(22-7-8-22)28(24)37(2)29-34-26(25(18-32)43-29)20-3-5-21(31)6-4-20/h3-6,17,19,22H,7-16H2,1-2H3. The summed E-state index contributed by atoms with van der Waals surface area (Å²) in [4.78, 5) is 33.6. The lowest BCUT2D eigenvalue weighted by molar-refractivity contribution is 0.120. The smallest absolute Gasteiger partial charge is 0.320 e. The van der Waals surface area contributed by atoms with Crippen molar-refractivity contribution in [2.45, 2.75) is 18.9 Å². The molecule has 2 amide bonds. The molecule has 0 bridgehead atoms. The van der Waals surface area contributed by atoms with E-state index in [-0.39, 0.29) is 11.8 Å². The molecule has 222 valence electrons. The summed E-state index contributed by atoms with van der Waals surface area (Å²) in [6, 6.07) is 10.9. The van der Waals surface area contributed by atoms with E-state index in [1.807, 2.05) is 32.6 Å². The van der Waals surface area contributed by atoms with E-state index >= 15 is 0 Å². The Morgan fingerprint density at radius 1 is 1.05 bits per heavy atom. The molecule has 0 unspecified atom stereocenters. The van der Waals surface area contributed by atoms with Crippen molar-refractivity contribution in [3.8, 4) is 17.3 Å². The molecule has 0 spiro atoms. The van der Waals surface area contributed by atoms with Gasteiger partial charge in [0.1, 0.15) is 28.3 Å². The SMILES string of the molecule is CN1CCN(C(=O)N2CCN(c3cnc4nn(C5CC5)c(N(C)c5nc(-c6ccc(F)cc6)c(C#N)s5)c4c3)CC2)CC1. The van der Waals surface area contributed by atoms with Crippen LogP contribution in [0.4, 0.5) is 25.8 Å². The maximum Gasteiger partial charge on any atom is 0.320 e. The van der Waals surface area contributed by atoms with Gasteiger partial charge in [-0.15, -0.1) is 0 Å². The molecule has 5 heterocycles. The molecule has 11 nitrogen and oxygen atoms in total. The van der Waals surface area contributed by atoms with E-state index in [1.165, 1.54) is 23.5 Å². The first-order chi connectivity index (χ1) is 20.9. The molecular formula is C30H33FN10OS. The second kappa shape index (κ2) is 11.1. The molecule has 1 aromatic carbocycles. The zero-order valence-corrected chi connectivity index (χ0v) is 25.1. The highest BCUT2D eigenvalue weighted by Crippen LogP contribution is 2.44. The Balaban J connectivity index is 1.15. The second-order valence-corrected chi connectivity index (χ2v) is 12.4. The van der Waals surface area contributed by atoms with Gasteiger partial charge in [0, 0.05) is 65.0 Å². The minimum absolute atomic E-state index is 0.135. The quantitative estimate of drug-likeness (QED) is 0.337. The van der Waals surface area contributed by atoms with Crippen LogP contribution in [0.15, 0.2) is 36.5 Å². The van der Waals surface area contributed by atoms with Gasteiger partial charge in [-0.05, 0) is 50.2 Å². The van der Waals surface area contributed by atoms with Crippen molar-refractivity contribution < 1.29 is 9.18 Å². The molecule has 3 fully saturated rings. The van der Waals surface area contributed by atoms with Gasteiger partial charge in [0.25, 0.3) is 0 Å². The third-order valence-electron chi connectivity index (χ3n) is 8.53. The van der Waals surface area contributed by atoms with Crippen molar-refractivity contribution in [3.05, 3.63) is 47.2 Å². The van der Waals surface area contributed by atoms with E-state index in [0.717, 1.165) is 69.0 Å². The first-order valence-corrected chi connectivity index (χ1v) is 15.5. The number of nitriles is 1. The molecule has 0 radical (unpaired) electrons. The number of urea groups is 1. The molecule has 1 aliphatic carbocycles. The molecular weight excluding hydrogens is 567 g/mol. The Kier molecular flexibility index (Phi) is 7.10. The third-order valence-corrected chi connectivity index (χ3v) is 9.57. The number of hydrogen-bond acceptors (Lipinski definition) is 9. The molecule has 43 heavy (non-hydrogen) atoms. The van der Waals surface area contributed by atoms with E-state index in [2.05, 4.69) is 29.0 Å². The van der Waals surface area contributed by atoms with Gasteiger partial charge >= 0.3 is 6.03 Å². The van der Waals surface area contributed by atoms with E-state index in [9.17, 15) is 14.4 Å². The monoisotopic (exact) mass is 600 g/mol. The second-order valence-electron chi connectivity index (χ2n) is 11.5. The minimum Gasteiger partial charge on any atom is -0.367 e. The van der Waals surface area contributed by atoms with Crippen LogP contribution in [0.1, 0.15) is 23.8 Å². The molecule has 2 aliphatic heterocycles. The Morgan fingerprint density at radius 2 is 1.72 bits per heavy atom. The minimum atomic E-state index is -0.332. The van der Waals surface area contributed by atoms with Crippen molar-refractivity contribution >= 4 is 45.0 Å². The number of carbonyl (C=O) groups is 1. The molecule has 13 heteroatoms. The van der Waals surface area contributed by atoms with Crippen molar-refractivity contribution in [3.63, 3.8) is 0 Å². The number of likely N-dealkylation sites (N-methyl/N-ethyl adjacent to an activating group) is 1.